The highest BCUT2D eigenvalue weighted by Gasteiger charge is 2.54. The van der Waals surface area contributed by atoms with Gasteiger partial charge in [0.05, 0.1) is 18.1 Å². The average molecular weight is 172 g/mol. The van der Waals surface area contributed by atoms with Crippen LogP contribution in [0.1, 0.15) is 33.1 Å². The van der Waals surface area contributed by atoms with E-state index in [9.17, 15) is 9.90 Å². The van der Waals surface area contributed by atoms with Gasteiger partial charge in [-0.3, -0.25) is 4.79 Å². The molecule has 3 heteroatoms. The van der Waals surface area contributed by atoms with Crippen molar-refractivity contribution in [3.8, 4) is 0 Å². The van der Waals surface area contributed by atoms with E-state index in [0.29, 0.717) is 19.3 Å². The van der Waals surface area contributed by atoms with E-state index in [1.807, 2.05) is 13.8 Å². The van der Waals surface area contributed by atoms with E-state index in [4.69, 9.17) is 0 Å². The number of carbonyl (C=O) groups excluding carboxylic acids is 1. The molecule has 3 nitrogen and oxygen atoms in total. The van der Waals surface area contributed by atoms with Crippen LogP contribution in [0.2, 0.25) is 0 Å². The van der Waals surface area contributed by atoms with Gasteiger partial charge in [-0.05, 0) is 26.2 Å². The third-order valence-electron chi connectivity index (χ3n) is 2.77. The number of methoxy groups -OCH3 is 1. The van der Waals surface area contributed by atoms with Gasteiger partial charge < -0.3 is 9.84 Å². The Labute approximate surface area is 72.7 Å². The van der Waals surface area contributed by atoms with Crippen LogP contribution in [0.15, 0.2) is 0 Å². The summed E-state index contributed by atoms with van der Waals surface area (Å²) in [6.45, 7) is 3.76. The van der Waals surface area contributed by atoms with Crippen LogP contribution >= 0.6 is 0 Å². The lowest BCUT2D eigenvalue weighted by molar-refractivity contribution is -0.181. The monoisotopic (exact) mass is 172 g/mol. The smallest absolute Gasteiger partial charge is 0.311 e. The highest BCUT2D eigenvalue weighted by molar-refractivity contribution is 5.78. The molecule has 70 valence electrons. The van der Waals surface area contributed by atoms with Crippen LogP contribution in [0.4, 0.5) is 0 Å². The summed E-state index contributed by atoms with van der Waals surface area (Å²) in [4.78, 5) is 11.2. The zero-order valence-electron chi connectivity index (χ0n) is 7.89. The molecule has 12 heavy (non-hydrogen) atoms. The molecule has 1 aliphatic rings. The highest BCUT2D eigenvalue weighted by atomic mass is 16.5. The molecular formula is C9H16O3. The zero-order chi connectivity index (χ0) is 9.41. The van der Waals surface area contributed by atoms with Gasteiger partial charge in [0.15, 0.2) is 0 Å². The molecule has 1 aliphatic carbocycles. The number of hydrogen-bond donors (Lipinski definition) is 1. The molecular weight excluding hydrogens is 156 g/mol. The van der Waals surface area contributed by atoms with Crippen molar-refractivity contribution < 1.29 is 14.6 Å². The fourth-order valence-electron chi connectivity index (χ4n) is 2.04. The fourth-order valence-corrected chi connectivity index (χ4v) is 2.04. The van der Waals surface area contributed by atoms with Gasteiger partial charge in [0, 0.05) is 0 Å². The van der Waals surface area contributed by atoms with Gasteiger partial charge in [-0.1, -0.05) is 6.92 Å². The van der Waals surface area contributed by atoms with Gasteiger partial charge in [0.1, 0.15) is 0 Å². The Morgan fingerprint density at radius 2 is 2.08 bits per heavy atom. The van der Waals surface area contributed by atoms with Crippen molar-refractivity contribution in [3.63, 3.8) is 0 Å². The van der Waals surface area contributed by atoms with E-state index in [2.05, 4.69) is 4.74 Å². The zero-order valence-corrected chi connectivity index (χ0v) is 7.89. The Balaban J connectivity index is 2.55. The lowest BCUT2D eigenvalue weighted by Gasteiger charge is -2.49. The Bertz CT molecular complexity index is 192. The molecule has 1 saturated carbocycles. The van der Waals surface area contributed by atoms with E-state index in [0.717, 1.165) is 0 Å². The summed E-state index contributed by atoms with van der Waals surface area (Å²) < 4.78 is 4.64. The molecule has 1 rings (SSSR count). The molecule has 0 aromatic heterocycles. The molecule has 0 bridgehead atoms. The molecule has 0 spiro atoms. The Hall–Kier alpha value is -0.570. The molecule has 0 unspecified atom stereocenters. The van der Waals surface area contributed by atoms with Crippen molar-refractivity contribution in [2.45, 2.75) is 38.7 Å². The number of aliphatic hydroxyl groups is 1. The minimum Gasteiger partial charge on any atom is -0.469 e. The summed E-state index contributed by atoms with van der Waals surface area (Å²) in [5, 5.41) is 9.69. The van der Waals surface area contributed by atoms with E-state index >= 15 is 0 Å². The standard InChI is InChI=1S/C9H16O3/c1-4-9(11)5-8(2,6-9)7(10)12-3/h11H,4-6H2,1-3H3. The molecule has 0 aromatic carbocycles. The van der Waals surface area contributed by atoms with E-state index < -0.39 is 11.0 Å². The van der Waals surface area contributed by atoms with Gasteiger partial charge in [0.2, 0.25) is 0 Å². The predicted octanol–water partition coefficient (Wildman–Crippen LogP) is 1.10. The minimum absolute atomic E-state index is 0.208. The van der Waals surface area contributed by atoms with E-state index in [-0.39, 0.29) is 5.97 Å². The molecule has 1 N–H and O–H groups in total. The van der Waals surface area contributed by atoms with Crippen LogP contribution in [0.25, 0.3) is 0 Å². The van der Waals surface area contributed by atoms with Crippen molar-refractivity contribution in [1.29, 1.82) is 0 Å². The quantitative estimate of drug-likeness (QED) is 0.634. The molecule has 0 atom stereocenters. The SMILES string of the molecule is CCC1(O)CC(C)(C(=O)OC)C1. The summed E-state index contributed by atoms with van der Waals surface area (Å²) in [6.07, 6.45) is 1.77. The van der Waals surface area contributed by atoms with Crippen LogP contribution in [-0.2, 0) is 9.53 Å². The van der Waals surface area contributed by atoms with Gasteiger partial charge in [0.25, 0.3) is 0 Å². The van der Waals surface area contributed by atoms with Crippen molar-refractivity contribution in [1.82, 2.24) is 0 Å². The number of carbonyl (C=O) groups is 1. The Morgan fingerprint density at radius 3 is 2.42 bits per heavy atom. The average Bonchev–Trinajstić information content (AvgIpc) is 2.00. The van der Waals surface area contributed by atoms with Gasteiger partial charge in [-0.2, -0.15) is 0 Å². The van der Waals surface area contributed by atoms with Crippen LogP contribution in [0.3, 0.4) is 0 Å². The Kier molecular flexibility index (Phi) is 2.17. The maximum absolute atomic E-state index is 11.2. The van der Waals surface area contributed by atoms with Crippen molar-refractivity contribution in [2.24, 2.45) is 5.41 Å². The summed E-state index contributed by atoms with van der Waals surface area (Å²) in [6, 6.07) is 0. The first-order valence-electron chi connectivity index (χ1n) is 4.26. The first-order chi connectivity index (χ1) is 5.46. The number of ether oxygens (including phenoxy) is 1. The largest absolute Gasteiger partial charge is 0.469 e. The number of hydrogen-bond acceptors (Lipinski definition) is 3. The molecule has 0 aliphatic heterocycles. The molecule has 0 radical (unpaired) electrons. The third-order valence-corrected chi connectivity index (χ3v) is 2.77. The molecule has 0 amide bonds. The summed E-state index contributed by atoms with van der Waals surface area (Å²) in [5.74, 6) is -0.208. The Morgan fingerprint density at radius 1 is 1.58 bits per heavy atom. The van der Waals surface area contributed by atoms with E-state index in [1.54, 1.807) is 0 Å². The second kappa shape index (κ2) is 2.73. The maximum atomic E-state index is 11.2. The number of rotatable bonds is 2. The van der Waals surface area contributed by atoms with Crippen molar-refractivity contribution >= 4 is 5.97 Å². The van der Waals surface area contributed by atoms with Crippen molar-refractivity contribution in [2.75, 3.05) is 7.11 Å². The van der Waals surface area contributed by atoms with E-state index in [1.165, 1.54) is 7.11 Å². The summed E-state index contributed by atoms with van der Waals surface area (Å²) >= 11 is 0. The van der Waals surface area contributed by atoms with Crippen LogP contribution < -0.4 is 0 Å². The second-order valence-electron chi connectivity index (χ2n) is 3.98. The molecule has 0 aromatic rings. The second-order valence-corrected chi connectivity index (χ2v) is 3.98. The third kappa shape index (κ3) is 1.33. The first-order valence-corrected chi connectivity index (χ1v) is 4.26. The topological polar surface area (TPSA) is 46.5 Å². The lowest BCUT2D eigenvalue weighted by atomic mass is 9.59. The van der Waals surface area contributed by atoms with Crippen LogP contribution in [-0.4, -0.2) is 23.8 Å². The summed E-state index contributed by atoms with van der Waals surface area (Å²) in [7, 11) is 1.39. The van der Waals surface area contributed by atoms with Gasteiger partial charge >= 0.3 is 5.97 Å². The van der Waals surface area contributed by atoms with Gasteiger partial charge in [-0.15, -0.1) is 0 Å². The molecule has 0 heterocycles. The minimum atomic E-state index is -0.622. The van der Waals surface area contributed by atoms with Crippen molar-refractivity contribution in [3.05, 3.63) is 0 Å². The molecule has 1 fully saturated rings. The highest BCUT2D eigenvalue weighted by Crippen LogP contribution is 2.50. The van der Waals surface area contributed by atoms with Crippen LogP contribution in [0, 0.1) is 5.41 Å². The first kappa shape index (κ1) is 9.52. The van der Waals surface area contributed by atoms with Gasteiger partial charge in [-0.25, -0.2) is 0 Å². The normalized spacial score (nSPS) is 40.3. The lowest BCUT2D eigenvalue weighted by Crippen LogP contribution is -2.54. The summed E-state index contributed by atoms with van der Waals surface area (Å²) in [5.41, 5.74) is -1.07. The molecule has 0 saturated heterocycles. The predicted molar refractivity (Wildman–Crippen MR) is 44.6 cm³/mol. The number of esters is 1. The maximum Gasteiger partial charge on any atom is 0.311 e. The fraction of sp³-hybridized carbons (Fsp3) is 0.889. The van der Waals surface area contributed by atoms with Crippen LogP contribution in [0.5, 0.6) is 0 Å².